The highest BCUT2D eigenvalue weighted by Gasteiger charge is 2.22. The molecule has 43 heavy (non-hydrogen) atoms. The van der Waals surface area contributed by atoms with Gasteiger partial charge in [-0.15, -0.1) is 0 Å². The second-order valence-electron chi connectivity index (χ2n) is 11.3. The Morgan fingerprint density at radius 2 is 2.05 bits per heavy atom. The van der Waals surface area contributed by atoms with E-state index in [2.05, 4.69) is 32.4 Å². The van der Waals surface area contributed by atoms with Gasteiger partial charge in [0, 0.05) is 48.1 Å². The van der Waals surface area contributed by atoms with Crippen molar-refractivity contribution in [2.24, 2.45) is 16.5 Å². The summed E-state index contributed by atoms with van der Waals surface area (Å²) in [5.74, 6) is 0.427. The summed E-state index contributed by atoms with van der Waals surface area (Å²) in [5.41, 5.74) is 15.4. The van der Waals surface area contributed by atoms with E-state index in [1.807, 2.05) is 19.1 Å². The summed E-state index contributed by atoms with van der Waals surface area (Å²) in [6, 6.07) is 14.1. The fourth-order valence-corrected chi connectivity index (χ4v) is 6.67. The maximum absolute atomic E-state index is 15.1. The molecule has 0 aliphatic carbocycles. The van der Waals surface area contributed by atoms with Gasteiger partial charge in [-0.2, -0.15) is 4.98 Å². The minimum absolute atomic E-state index is 0.0629. The Bertz CT molecular complexity index is 1650. The monoisotopic (exact) mass is 623 g/mol. The Morgan fingerprint density at radius 1 is 1.26 bits per heavy atom. The average molecular weight is 624 g/mol. The highest BCUT2D eigenvalue weighted by molar-refractivity contribution is 8.13. The maximum Gasteiger partial charge on any atom is 0.354 e. The van der Waals surface area contributed by atoms with E-state index in [1.165, 1.54) is 10.1 Å². The zero-order valence-corrected chi connectivity index (χ0v) is 26.1. The molecule has 0 saturated carbocycles. The number of aliphatic imine (C=N–C) groups is 1. The van der Waals surface area contributed by atoms with E-state index >= 15 is 4.39 Å². The molecule has 1 aliphatic heterocycles. The number of rotatable bonds is 10. The average Bonchev–Trinajstić information content (AvgIpc) is 3.41. The molecule has 1 unspecified atom stereocenters. The molecule has 0 spiro atoms. The lowest BCUT2D eigenvalue weighted by atomic mass is 9.92. The second-order valence-corrected chi connectivity index (χ2v) is 12.8. The molecule has 2 aromatic carbocycles. The van der Waals surface area contributed by atoms with Crippen LogP contribution in [-0.2, 0) is 6.42 Å². The van der Waals surface area contributed by atoms with Crippen molar-refractivity contribution >= 4 is 39.6 Å². The molecular formula is C32H39ClFN7OS. The number of H-pyrrole nitrogens is 1. The number of fused-ring (bicyclic) bond motifs is 1. The van der Waals surface area contributed by atoms with Crippen LogP contribution in [0.1, 0.15) is 62.6 Å². The third kappa shape index (κ3) is 7.67. The van der Waals surface area contributed by atoms with Crippen LogP contribution in [0.4, 0.5) is 4.39 Å². The van der Waals surface area contributed by atoms with E-state index in [9.17, 15) is 4.79 Å². The fourth-order valence-electron chi connectivity index (χ4n) is 5.69. The van der Waals surface area contributed by atoms with E-state index in [0.717, 1.165) is 56.3 Å². The number of aromatic nitrogens is 3. The SMILES string of the molecule is CN=C(N)SCCC1CCC[C@@H](c2ccc(-n3cc4cc(-c5cc(CCC[C@H](C)N)cc(Cl)c5F)[nH]c4nc3=O)cc2)N1. The van der Waals surface area contributed by atoms with Crippen molar-refractivity contribution in [3.8, 4) is 16.9 Å². The smallest absolute Gasteiger partial charge is 0.354 e. The zero-order chi connectivity index (χ0) is 30.5. The van der Waals surface area contributed by atoms with Crippen LogP contribution in [0.5, 0.6) is 0 Å². The lowest BCUT2D eigenvalue weighted by Gasteiger charge is -2.31. The number of thioether (sulfide) groups is 1. The molecular weight excluding hydrogens is 585 g/mol. The summed E-state index contributed by atoms with van der Waals surface area (Å²) >= 11 is 7.85. The van der Waals surface area contributed by atoms with Crippen LogP contribution in [0, 0.1) is 5.82 Å². The molecule has 0 bridgehead atoms. The molecule has 2 aromatic heterocycles. The number of nitrogens with one attached hydrogen (secondary N) is 2. The molecule has 3 atom stereocenters. The first kappa shape index (κ1) is 31.3. The highest BCUT2D eigenvalue weighted by atomic mass is 35.5. The van der Waals surface area contributed by atoms with Crippen LogP contribution in [0.15, 0.2) is 58.4 Å². The van der Waals surface area contributed by atoms with Crippen molar-refractivity contribution in [3.63, 3.8) is 0 Å². The molecule has 0 amide bonds. The number of halogens is 2. The Morgan fingerprint density at radius 3 is 2.79 bits per heavy atom. The minimum Gasteiger partial charge on any atom is -0.379 e. The standard InChI is InChI=1S/C32H39ClFN7OS/c1-19(35)5-3-6-20-15-25(29(34)26(33)16-20)28-17-22-18-41(32(42)40-30(22)39-28)24-11-9-21(10-12-24)27-8-4-7-23(38-27)13-14-43-31(36)37-2/h9-12,15-19,23,27,38H,3-8,13-14,35H2,1-2H3,(H2,36,37)(H,39,40,42)/t19-,23?,27-/m0/s1. The van der Waals surface area contributed by atoms with Gasteiger partial charge in [-0.1, -0.05) is 41.9 Å². The van der Waals surface area contributed by atoms with E-state index in [1.54, 1.807) is 43.2 Å². The van der Waals surface area contributed by atoms with Crippen molar-refractivity contribution in [2.75, 3.05) is 12.8 Å². The first-order valence-corrected chi connectivity index (χ1v) is 16.2. The predicted octanol–water partition coefficient (Wildman–Crippen LogP) is 6.09. The molecule has 3 heterocycles. The van der Waals surface area contributed by atoms with E-state index in [4.69, 9.17) is 23.1 Å². The number of amidine groups is 1. The van der Waals surface area contributed by atoms with Gasteiger partial charge in [-0.3, -0.25) is 9.56 Å². The van der Waals surface area contributed by atoms with E-state index in [-0.39, 0.29) is 17.1 Å². The number of nitrogens with two attached hydrogens (primary N) is 2. The van der Waals surface area contributed by atoms with Crippen molar-refractivity contribution in [1.29, 1.82) is 0 Å². The third-order valence-electron chi connectivity index (χ3n) is 8.00. The van der Waals surface area contributed by atoms with Crippen LogP contribution >= 0.6 is 23.4 Å². The topological polar surface area (TPSA) is 127 Å². The molecule has 1 fully saturated rings. The first-order valence-electron chi connectivity index (χ1n) is 14.8. The van der Waals surface area contributed by atoms with Gasteiger partial charge in [0.1, 0.15) is 5.65 Å². The first-order chi connectivity index (χ1) is 20.7. The number of aryl methyl sites for hydroxylation is 1. The molecule has 0 radical (unpaired) electrons. The van der Waals surface area contributed by atoms with Gasteiger partial charge >= 0.3 is 5.69 Å². The van der Waals surface area contributed by atoms with Crippen molar-refractivity contribution in [2.45, 2.75) is 70.0 Å². The number of hydrogen-bond donors (Lipinski definition) is 4. The quantitative estimate of drug-likeness (QED) is 0.125. The summed E-state index contributed by atoms with van der Waals surface area (Å²) in [5, 5.41) is 5.16. The van der Waals surface area contributed by atoms with Crippen molar-refractivity contribution in [1.82, 2.24) is 19.9 Å². The van der Waals surface area contributed by atoms with E-state index in [0.29, 0.717) is 39.2 Å². The van der Waals surface area contributed by atoms with Gasteiger partial charge in [-0.25, -0.2) is 9.18 Å². The van der Waals surface area contributed by atoms with Crippen LogP contribution in [0.25, 0.3) is 28.0 Å². The van der Waals surface area contributed by atoms with Crippen LogP contribution in [0.2, 0.25) is 5.02 Å². The van der Waals surface area contributed by atoms with Crippen LogP contribution in [0.3, 0.4) is 0 Å². The van der Waals surface area contributed by atoms with Crippen LogP contribution < -0.4 is 22.5 Å². The fraction of sp³-hybridized carbons (Fsp3) is 0.406. The molecule has 11 heteroatoms. The summed E-state index contributed by atoms with van der Waals surface area (Å²) in [6.45, 7) is 1.97. The number of aromatic amines is 1. The van der Waals surface area contributed by atoms with Gasteiger partial charge < -0.3 is 21.8 Å². The summed E-state index contributed by atoms with van der Waals surface area (Å²) < 4.78 is 16.6. The number of piperidine rings is 1. The zero-order valence-electron chi connectivity index (χ0n) is 24.6. The van der Waals surface area contributed by atoms with Crippen molar-refractivity contribution < 1.29 is 4.39 Å². The maximum atomic E-state index is 15.1. The minimum atomic E-state index is -0.508. The van der Waals surface area contributed by atoms with Gasteiger partial charge in [0.05, 0.1) is 16.4 Å². The van der Waals surface area contributed by atoms with Gasteiger partial charge in [0.25, 0.3) is 0 Å². The van der Waals surface area contributed by atoms with Gasteiger partial charge in [0.2, 0.25) is 0 Å². The third-order valence-corrected chi connectivity index (χ3v) is 9.20. The molecule has 6 N–H and O–H groups in total. The number of nitrogens with zero attached hydrogens (tertiary/aromatic N) is 3. The number of hydrogen-bond acceptors (Lipinski definition) is 6. The molecule has 1 aliphatic rings. The van der Waals surface area contributed by atoms with Gasteiger partial charge in [-0.05, 0) is 86.9 Å². The Labute approximate surface area is 260 Å². The molecule has 4 aromatic rings. The van der Waals surface area contributed by atoms with Crippen molar-refractivity contribution in [3.05, 3.63) is 81.1 Å². The summed E-state index contributed by atoms with van der Waals surface area (Å²) in [6.07, 6.45) is 8.63. The molecule has 228 valence electrons. The lowest BCUT2D eigenvalue weighted by molar-refractivity contribution is 0.320. The summed E-state index contributed by atoms with van der Waals surface area (Å²) in [7, 11) is 1.71. The predicted molar refractivity (Wildman–Crippen MR) is 177 cm³/mol. The Kier molecular flexibility index (Phi) is 10.2. The molecule has 8 nitrogen and oxygen atoms in total. The second kappa shape index (κ2) is 14.1. The lowest BCUT2D eigenvalue weighted by Crippen LogP contribution is -2.37. The largest absolute Gasteiger partial charge is 0.379 e. The number of benzene rings is 2. The van der Waals surface area contributed by atoms with Gasteiger partial charge in [0.15, 0.2) is 11.0 Å². The van der Waals surface area contributed by atoms with Crippen LogP contribution in [-0.4, -0.2) is 44.6 Å². The Hall–Kier alpha value is -3.18. The Balaban J connectivity index is 1.33. The summed E-state index contributed by atoms with van der Waals surface area (Å²) in [4.78, 5) is 24.4. The molecule has 5 rings (SSSR count). The normalized spacial score (nSPS) is 18.3. The highest BCUT2D eigenvalue weighted by Crippen LogP contribution is 2.32. The van der Waals surface area contributed by atoms with E-state index < -0.39 is 11.5 Å². The molecule has 1 saturated heterocycles.